The van der Waals surface area contributed by atoms with Crippen molar-refractivity contribution >= 4 is 22.5 Å². The highest BCUT2D eigenvalue weighted by Crippen LogP contribution is 2.27. The molecule has 2 aromatic carbocycles. The predicted octanol–water partition coefficient (Wildman–Crippen LogP) is 3.70. The molecule has 0 N–H and O–H groups in total. The Labute approximate surface area is 119 Å². The summed E-state index contributed by atoms with van der Waals surface area (Å²) in [6, 6.07) is 12.7. The number of nitro groups is 1. The summed E-state index contributed by atoms with van der Waals surface area (Å²) in [7, 11) is 0. The second-order valence-electron chi connectivity index (χ2n) is 3.99. The van der Waals surface area contributed by atoms with Crippen LogP contribution in [0.3, 0.4) is 0 Å². The summed E-state index contributed by atoms with van der Waals surface area (Å²) in [5.41, 5.74) is 0.646. The number of halogens is 1. The lowest BCUT2D eigenvalue weighted by atomic mass is 10.1. The van der Waals surface area contributed by atoms with Gasteiger partial charge < -0.3 is 4.74 Å². The minimum absolute atomic E-state index is 0.0124. The molecule has 0 aliphatic heterocycles. The lowest BCUT2D eigenvalue weighted by Gasteiger charge is -2.09. The topological polar surface area (TPSA) is 69.4 Å². The van der Waals surface area contributed by atoms with Gasteiger partial charge in [-0.3, -0.25) is 14.9 Å². The molecular weight excluding hydrogens is 282 g/mol. The monoisotopic (exact) mass is 291 g/mol. The van der Waals surface area contributed by atoms with Crippen molar-refractivity contribution in [1.82, 2.24) is 0 Å². The Hall–Kier alpha value is -2.40. The largest absolute Gasteiger partial charge is 0.457 e. The van der Waals surface area contributed by atoms with Crippen LogP contribution < -0.4 is 4.74 Å². The summed E-state index contributed by atoms with van der Waals surface area (Å²) in [6.45, 7) is 0. The van der Waals surface area contributed by atoms with Crippen LogP contribution in [0.4, 0.5) is 5.69 Å². The van der Waals surface area contributed by atoms with E-state index in [0.717, 1.165) is 0 Å². The first-order valence-electron chi connectivity index (χ1n) is 5.75. The van der Waals surface area contributed by atoms with Gasteiger partial charge >= 0.3 is 0 Å². The number of ether oxygens (including phenoxy) is 1. The molecule has 5 nitrogen and oxygen atoms in total. The number of rotatable bonds is 5. The van der Waals surface area contributed by atoms with Gasteiger partial charge in [-0.1, -0.05) is 18.2 Å². The van der Waals surface area contributed by atoms with Crippen LogP contribution in [-0.2, 0) is 11.2 Å². The maximum absolute atomic E-state index is 11.0. The van der Waals surface area contributed by atoms with Crippen molar-refractivity contribution < 1.29 is 14.5 Å². The molecule has 0 bridgehead atoms. The van der Waals surface area contributed by atoms with E-state index in [9.17, 15) is 14.9 Å². The lowest BCUT2D eigenvalue weighted by Crippen LogP contribution is -1.97. The quantitative estimate of drug-likeness (QED) is 0.478. The van der Waals surface area contributed by atoms with Crippen LogP contribution in [0.25, 0.3) is 0 Å². The standard InChI is InChI=1S/C14H10ClNO4/c15-14(17)9-10-3-1-2-4-13(10)20-12-7-5-11(6-8-12)16(18)19/h1-8H,9H2. The summed E-state index contributed by atoms with van der Waals surface area (Å²) < 4.78 is 5.61. The van der Waals surface area contributed by atoms with E-state index in [1.165, 1.54) is 24.3 Å². The molecule has 0 aromatic heterocycles. The molecule has 0 spiro atoms. The minimum atomic E-state index is -0.482. The molecule has 6 heteroatoms. The predicted molar refractivity (Wildman–Crippen MR) is 74.2 cm³/mol. The number of hydrogen-bond acceptors (Lipinski definition) is 4. The van der Waals surface area contributed by atoms with Crippen LogP contribution in [0.5, 0.6) is 11.5 Å². The Morgan fingerprint density at radius 1 is 1.15 bits per heavy atom. The molecule has 0 saturated carbocycles. The fourth-order valence-corrected chi connectivity index (χ4v) is 1.81. The summed E-state index contributed by atoms with van der Waals surface area (Å²) >= 11 is 5.37. The maximum atomic E-state index is 11.0. The van der Waals surface area contributed by atoms with Crippen molar-refractivity contribution in [2.24, 2.45) is 0 Å². The van der Waals surface area contributed by atoms with Gasteiger partial charge in [-0.05, 0) is 29.8 Å². The molecule has 20 heavy (non-hydrogen) atoms. The summed E-state index contributed by atoms with van der Waals surface area (Å²) in [5, 5.41) is 10.1. The van der Waals surface area contributed by atoms with E-state index in [2.05, 4.69) is 0 Å². The second kappa shape index (κ2) is 6.16. The maximum Gasteiger partial charge on any atom is 0.269 e. The Bertz CT molecular complexity index is 640. The Balaban J connectivity index is 2.21. The van der Waals surface area contributed by atoms with Gasteiger partial charge in [0.2, 0.25) is 5.24 Å². The van der Waals surface area contributed by atoms with Gasteiger partial charge in [-0.25, -0.2) is 0 Å². The first-order chi connectivity index (χ1) is 9.56. The van der Waals surface area contributed by atoms with Crippen LogP contribution in [0.2, 0.25) is 0 Å². The number of nitrogens with zero attached hydrogens (tertiary/aromatic N) is 1. The van der Waals surface area contributed by atoms with Crippen LogP contribution in [-0.4, -0.2) is 10.2 Å². The van der Waals surface area contributed by atoms with Gasteiger partial charge in [0.1, 0.15) is 11.5 Å². The summed E-state index contributed by atoms with van der Waals surface area (Å²) in [4.78, 5) is 21.0. The van der Waals surface area contributed by atoms with Crippen molar-refractivity contribution in [1.29, 1.82) is 0 Å². The third kappa shape index (κ3) is 3.55. The number of carbonyl (C=O) groups excluding carboxylic acids is 1. The molecule has 0 unspecified atom stereocenters. The molecule has 0 atom stereocenters. The molecule has 0 saturated heterocycles. The highest BCUT2D eigenvalue weighted by Gasteiger charge is 2.09. The second-order valence-corrected chi connectivity index (χ2v) is 4.41. The fraction of sp³-hybridized carbons (Fsp3) is 0.0714. The molecule has 102 valence electrons. The molecule has 0 fully saturated rings. The van der Waals surface area contributed by atoms with E-state index < -0.39 is 10.2 Å². The molecule has 2 rings (SSSR count). The zero-order valence-corrected chi connectivity index (χ0v) is 11.0. The molecule has 0 radical (unpaired) electrons. The van der Waals surface area contributed by atoms with E-state index in [1.54, 1.807) is 24.3 Å². The van der Waals surface area contributed by atoms with E-state index in [1.807, 2.05) is 0 Å². The van der Waals surface area contributed by atoms with Crippen molar-refractivity contribution in [2.45, 2.75) is 6.42 Å². The third-order valence-electron chi connectivity index (χ3n) is 2.58. The Kier molecular flexibility index (Phi) is 4.32. The summed E-state index contributed by atoms with van der Waals surface area (Å²) in [5.74, 6) is 0.945. The smallest absolute Gasteiger partial charge is 0.269 e. The highest BCUT2D eigenvalue weighted by molar-refractivity contribution is 6.63. The van der Waals surface area contributed by atoms with Crippen molar-refractivity contribution in [3.63, 3.8) is 0 Å². The van der Waals surface area contributed by atoms with Crippen molar-refractivity contribution in [3.05, 3.63) is 64.2 Å². The minimum Gasteiger partial charge on any atom is -0.457 e. The van der Waals surface area contributed by atoms with E-state index in [0.29, 0.717) is 17.1 Å². The van der Waals surface area contributed by atoms with Crippen LogP contribution in [0, 0.1) is 10.1 Å². The van der Waals surface area contributed by atoms with Crippen LogP contribution in [0.15, 0.2) is 48.5 Å². The van der Waals surface area contributed by atoms with Gasteiger partial charge in [-0.2, -0.15) is 0 Å². The number of hydrogen-bond donors (Lipinski definition) is 0. The Morgan fingerprint density at radius 3 is 2.40 bits per heavy atom. The normalized spacial score (nSPS) is 10.1. The first kappa shape index (κ1) is 14.0. The zero-order valence-electron chi connectivity index (χ0n) is 10.3. The van der Waals surface area contributed by atoms with E-state index in [-0.39, 0.29) is 12.1 Å². The number of nitro benzene ring substituents is 1. The number of carbonyl (C=O) groups is 1. The lowest BCUT2D eigenvalue weighted by molar-refractivity contribution is -0.384. The van der Waals surface area contributed by atoms with E-state index in [4.69, 9.17) is 16.3 Å². The van der Waals surface area contributed by atoms with Gasteiger partial charge in [0.05, 0.1) is 11.3 Å². The molecular formula is C14H10ClNO4. The highest BCUT2D eigenvalue weighted by atomic mass is 35.5. The average molecular weight is 292 g/mol. The molecule has 0 aliphatic rings. The molecule has 0 amide bonds. The van der Waals surface area contributed by atoms with Crippen LogP contribution >= 0.6 is 11.6 Å². The molecule has 2 aromatic rings. The Morgan fingerprint density at radius 2 is 1.80 bits per heavy atom. The SMILES string of the molecule is O=C(Cl)Cc1ccccc1Oc1ccc([N+](=O)[O-])cc1. The van der Waals surface area contributed by atoms with Gasteiger partial charge in [0, 0.05) is 17.7 Å². The molecule has 0 aliphatic carbocycles. The number of non-ortho nitro benzene ring substituents is 1. The van der Waals surface area contributed by atoms with Gasteiger partial charge in [0.15, 0.2) is 0 Å². The number of para-hydroxylation sites is 1. The van der Waals surface area contributed by atoms with Crippen molar-refractivity contribution in [2.75, 3.05) is 0 Å². The first-order valence-corrected chi connectivity index (χ1v) is 6.12. The molecule has 0 heterocycles. The third-order valence-corrected chi connectivity index (χ3v) is 2.71. The average Bonchev–Trinajstić information content (AvgIpc) is 2.41. The summed E-state index contributed by atoms with van der Waals surface area (Å²) in [6.07, 6.45) is 0.0602. The van der Waals surface area contributed by atoms with Crippen molar-refractivity contribution in [3.8, 4) is 11.5 Å². The van der Waals surface area contributed by atoms with Crippen LogP contribution in [0.1, 0.15) is 5.56 Å². The van der Waals surface area contributed by atoms with Gasteiger partial charge in [-0.15, -0.1) is 0 Å². The zero-order chi connectivity index (χ0) is 14.5. The van der Waals surface area contributed by atoms with E-state index >= 15 is 0 Å². The van der Waals surface area contributed by atoms with Gasteiger partial charge in [0.25, 0.3) is 5.69 Å². The number of benzene rings is 2. The fourth-order valence-electron chi connectivity index (χ4n) is 1.66.